The molecule has 3 rings (SSSR count). The van der Waals surface area contributed by atoms with Gasteiger partial charge in [0.2, 0.25) is 5.88 Å². The Labute approximate surface area is 127 Å². The zero-order chi connectivity index (χ0) is 15.2. The average Bonchev–Trinajstić information content (AvgIpc) is 2.59. The molecule has 1 aromatic heterocycles. The number of nitrogens with one attached hydrogen (secondary N) is 1. The van der Waals surface area contributed by atoms with Gasteiger partial charge in [0.1, 0.15) is 19.6 Å². The fraction of sp³-hybridized carbons (Fsp3) is 0.200. The van der Waals surface area contributed by atoms with Gasteiger partial charge in [0, 0.05) is 6.07 Å². The second-order valence-electron chi connectivity index (χ2n) is 4.55. The molecule has 0 aliphatic carbocycles. The highest BCUT2D eigenvalue weighted by Crippen LogP contribution is 2.30. The van der Waals surface area contributed by atoms with Crippen molar-refractivity contribution in [2.24, 2.45) is 4.99 Å². The molecular formula is C15H15N3O4. The fourth-order valence-corrected chi connectivity index (χ4v) is 1.96. The van der Waals surface area contributed by atoms with Crippen molar-refractivity contribution in [3.63, 3.8) is 0 Å². The number of hydroxylamine groups is 1. The van der Waals surface area contributed by atoms with Crippen LogP contribution in [-0.2, 0) is 0 Å². The Morgan fingerprint density at radius 2 is 2.18 bits per heavy atom. The molecule has 1 unspecified atom stereocenters. The minimum atomic E-state index is -0.187. The highest BCUT2D eigenvalue weighted by molar-refractivity contribution is 5.59. The number of pyridine rings is 1. The zero-order valence-corrected chi connectivity index (χ0v) is 11.7. The van der Waals surface area contributed by atoms with E-state index in [1.807, 2.05) is 29.7 Å². The molecule has 7 heteroatoms. The first-order chi connectivity index (χ1) is 10.8. The number of hydrogen-bond acceptors (Lipinski definition) is 6. The standard InChI is InChI=1S/C15H15N3O4/c19-18-10-17-11-5-6-15(16-7-11)21-9-12-8-20-13-3-1-2-4-14(13)22-12/h1-7,10,12,19H,8-9H2,(H,17,18). The lowest BCUT2D eigenvalue weighted by Crippen LogP contribution is -2.34. The maximum Gasteiger partial charge on any atom is 0.213 e. The van der Waals surface area contributed by atoms with E-state index in [4.69, 9.17) is 19.4 Å². The summed E-state index contributed by atoms with van der Waals surface area (Å²) in [4.78, 5) is 8.01. The SMILES string of the molecule is ONC=Nc1ccc(OCC2COc3ccccc3O2)nc1. The molecule has 1 aliphatic heterocycles. The maximum atomic E-state index is 8.41. The molecule has 0 amide bonds. The van der Waals surface area contributed by atoms with Gasteiger partial charge in [-0.25, -0.2) is 9.98 Å². The fourth-order valence-electron chi connectivity index (χ4n) is 1.96. The Morgan fingerprint density at radius 3 is 2.95 bits per heavy atom. The first-order valence-corrected chi connectivity index (χ1v) is 6.74. The van der Waals surface area contributed by atoms with E-state index >= 15 is 0 Å². The predicted molar refractivity (Wildman–Crippen MR) is 79.2 cm³/mol. The van der Waals surface area contributed by atoms with Crippen molar-refractivity contribution in [3.8, 4) is 17.4 Å². The minimum absolute atomic E-state index is 0.187. The molecule has 0 fully saturated rings. The molecule has 0 radical (unpaired) electrons. The van der Waals surface area contributed by atoms with Crippen LogP contribution in [0.25, 0.3) is 0 Å². The maximum absolute atomic E-state index is 8.41. The van der Waals surface area contributed by atoms with Crippen molar-refractivity contribution in [2.75, 3.05) is 13.2 Å². The van der Waals surface area contributed by atoms with E-state index in [9.17, 15) is 0 Å². The van der Waals surface area contributed by atoms with E-state index in [0.717, 1.165) is 17.8 Å². The lowest BCUT2D eigenvalue weighted by atomic mass is 10.3. The summed E-state index contributed by atoms with van der Waals surface area (Å²) in [6, 6.07) is 11.0. The van der Waals surface area contributed by atoms with E-state index in [2.05, 4.69) is 9.98 Å². The Kier molecular flexibility index (Phi) is 4.35. The Bertz CT molecular complexity index is 645. The molecule has 7 nitrogen and oxygen atoms in total. The van der Waals surface area contributed by atoms with Gasteiger partial charge < -0.3 is 14.2 Å². The molecule has 22 heavy (non-hydrogen) atoms. The van der Waals surface area contributed by atoms with E-state index < -0.39 is 0 Å². The molecule has 2 N–H and O–H groups in total. The number of aromatic nitrogens is 1. The van der Waals surface area contributed by atoms with Crippen molar-refractivity contribution in [1.29, 1.82) is 0 Å². The normalized spacial score (nSPS) is 16.5. The zero-order valence-electron chi connectivity index (χ0n) is 11.7. The lowest BCUT2D eigenvalue weighted by molar-refractivity contribution is 0.0522. The van der Waals surface area contributed by atoms with Gasteiger partial charge in [-0.2, -0.15) is 0 Å². The van der Waals surface area contributed by atoms with E-state index in [1.165, 1.54) is 6.20 Å². The Morgan fingerprint density at radius 1 is 1.32 bits per heavy atom. The molecular weight excluding hydrogens is 286 g/mol. The summed E-state index contributed by atoms with van der Waals surface area (Å²) in [5, 5.41) is 8.41. The van der Waals surface area contributed by atoms with Crippen LogP contribution in [0.3, 0.4) is 0 Å². The molecule has 0 bridgehead atoms. The van der Waals surface area contributed by atoms with Crippen LogP contribution in [0.4, 0.5) is 5.69 Å². The van der Waals surface area contributed by atoms with Gasteiger partial charge in [-0.15, -0.1) is 0 Å². The Hall–Kier alpha value is -2.80. The van der Waals surface area contributed by atoms with E-state index in [-0.39, 0.29) is 6.10 Å². The third kappa shape index (κ3) is 3.44. The molecule has 0 spiro atoms. The van der Waals surface area contributed by atoms with Crippen LogP contribution >= 0.6 is 0 Å². The molecule has 2 aromatic rings. The summed E-state index contributed by atoms with van der Waals surface area (Å²) in [5.41, 5.74) is 2.42. The minimum Gasteiger partial charge on any atom is -0.486 e. The van der Waals surface area contributed by atoms with Crippen LogP contribution in [0.2, 0.25) is 0 Å². The molecule has 0 saturated heterocycles. The molecule has 1 aliphatic rings. The van der Waals surface area contributed by atoms with Gasteiger partial charge in [-0.3, -0.25) is 10.7 Å². The van der Waals surface area contributed by atoms with E-state index in [1.54, 1.807) is 12.1 Å². The third-order valence-electron chi connectivity index (χ3n) is 2.98. The lowest BCUT2D eigenvalue weighted by Gasteiger charge is -2.26. The van der Waals surface area contributed by atoms with Crippen LogP contribution in [0, 0.1) is 0 Å². The number of nitrogens with zero attached hydrogens (tertiary/aromatic N) is 2. The van der Waals surface area contributed by atoms with Crippen LogP contribution in [-0.4, -0.2) is 35.8 Å². The average molecular weight is 301 g/mol. The summed E-state index contributed by atoms with van der Waals surface area (Å²) < 4.78 is 17.0. The first-order valence-electron chi connectivity index (χ1n) is 6.74. The smallest absolute Gasteiger partial charge is 0.213 e. The molecule has 1 atom stereocenters. The molecule has 2 heterocycles. The summed E-state index contributed by atoms with van der Waals surface area (Å²) in [5.74, 6) is 1.94. The first kappa shape index (κ1) is 14.2. The van der Waals surface area contributed by atoms with Crippen LogP contribution in [0.5, 0.6) is 17.4 Å². The number of hydrogen-bond donors (Lipinski definition) is 2. The van der Waals surface area contributed by atoms with Crippen molar-refractivity contribution < 1.29 is 19.4 Å². The van der Waals surface area contributed by atoms with Crippen molar-refractivity contribution in [1.82, 2.24) is 10.5 Å². The molecule has 0 saturated carbocycles. The molecule has 114 valence electrons. The number of rotatable bonds is 5. The van der Waals surface area contributed by atoms with Gasteiger partial charge in [0.15, 0.2) is 17.6 Å². The van der Waals surface area contributed by atoms with Crippen LogP contribution in [0.1, 0.15) is 0 Å². The highest BCUT2D eigenvalue weighted by Gasteiger charge is 2.21. The second-order valence-corrected chi connectivity index (χ2v) is 4.55. The van der Waals surface area contributed by atoms with Gasteiger partial charge in [-0.1, -0.05) is 12.1 Å². The van der Waals surface area contributed by atoms with Crippen molar-refractivity contribution in [2.45, 2.75) is 6.10 Å². The largest absolute Gasteiger partial charge is 0.486 e. The van der Waals surface area contributed by atoms with E-state index in [0.29, 0.717) is 24.8 Å². The van der Waals surface area contributed by atoms with Gasteiger partial charge >= 0.3 is 0 Å². The monoisotopic (exact) mass is 301 g/mol. The summed E-state index contributed by atoms with van der Waals surface area (Å²) in [6.07, 6.45) is 2.51. The summed E-state index contributed by atoms with van der Waals surface area (Å²) >= 11 is 0. The van der Waals surface area contributed by atoms with Gasteiger partial charge in [-0.05, 0) is 18.2 Å². The summed E-state index contributed by atoms with van der Waals surface area (Å²) in [6.45, 7) is 0.768. The molecule has 1 aromatic carbocycles. The van der Waals surface area contributed by atoms with Crippen LogP contribution < -0.4 is 19.7 Å². The summed E-state index contributed by atoms with van der Waals surface area (Å²) in [7, 11) is 0. The quantitative estimate of drug-likeness (QED) is 0.499. The number of fused-ring (bicyclic) bond motifs is 1. The number of ether oxygens (including phenoxy) is 3. The Balaban J connectivity index is 1.54. The number of para-hydroxylation sites is 2. The van der Waals surface area contributed by atoms with Crippen molar-refractivity contribution in [3.05, 3.63) is 42.6 Å². The number of aliphatic imine (C=N–C) groups is 1. The third-order valence-corrected chi connectivity index (χ3v) is 2.98. The second kappa shape index (κ2) is 6.77. The topological polar surface area (TPSA) is 85.2 Å². The van der Waals surface area contributed by atoms with Gasteiger partial charge in [0.25, 0.3) is 0 Å². The number of benzene rings is 1. The predicted octanol–water partition coefficient (Wildman–Crippen LogP) is 1.94. The van der Waals surface area contributed by atoms with Crippen LogP contribution in [0.15, 0.2) is 47.6 Å². The van der Waals surface area contributed by atoms with Crippen molar-refractivity contribution >= 4 is 12.0 Å². The highest BCUT2D eigenvalue weighted by atomic mass is 16.6. The van der Waals surface area contributed by atoms with Gasteiger partial charge in [0.05, 0.1) is 11.9 Å².